The number of azo groups is 1. The number of phenols is 2. The van der Waals surface area contributed by atoms with Crippen molar-refractivity contribution >= 4 is 11.5 Å². The molecule has 1 unspecified atom stereocenters. The second-order valence-corrected chi connectivity index (χ2v) is 7.80. The Labute approximate surface area is 181 Å². The fourth-order valence-corrected chi connectivity index (χ4v) is 4.05. The monoisotopic (exact) mass is 412 g/mol. The van der Waals surface area contributed by atoms with Crippen LogP contribution in [0.15, 0.2) is 88.6 Å². The zero-order valence-corrected chi connectivity index (χ0v) is 17.5. The Morgan fingerprint density at radius 2 is 1.45 bits per heavy atom. The molecule has 156 valence electrons. The van der Waals surface area contributed by atoms with Crippen molar-refractivity contribution in [1.82, 2.24) is 0 Å². The van der Waals surface area contributed by atoms with Gasteiger partial charge in [-0.05, 0) is 60.9 Å². The molecule has 1 heterocycles. The van der Waals surface area contributed by atoms with Crippen LogP contribution >= 0.6 is 0 Å². The zero-order chi connectivity index (χ0) is 22.0. The van der Waals surface area contributed by atoms with Crippen LogP contribution in [0.1, 0.15) is 46.8 Å². The van der Waals surface area contributed by atoms with Crippen LogP contribution in [0.3, 0.4) is 0 Å². The molecule has 3 aromatic rings. The number of hydrogen-bond donors (Lipinski definition) is 2. The molecule has 5 nitrogen and oxygen atoms in total. The van der Waals surface area contributed by atoms with E-state index in [2.05, 4.69) is 10.2 Å². The Bertz CT molecular complexity index is 1160. The fourth-order valence-electron chi connectivity index (χ4n) is 4.05. The molecular weight excluding hydrogens is 388 g/mol. The van der Waals surface area contributed by atoms with Gasteiger partial charge >= 0.3 is 0 Å². The van der Waals surface area contributed by atoms with Gasteiger partial charge in [0.1, 0.15) is 17.0 Å². The van der Waals surface area contributed by atoms with Gasteiger partial charge in [0.15, 0.2) is 5.78 Å². The Kier molecular flexibility index (Phi) is 5.42. The number of phenolic OH excluding ortho intramolecular Hbond substituents is 2. The standard InChI is InChI=1S/C26H24N2O3/c1-3-23-25(19-8-12-21(29)13-9-19)27-28-26(23,20-10-14-22(30)15-11-20)16-24(31)18-6-4-17(2)5-7-18/h4-15,29-30H,3,16H2,1-2H3. The third kappa shape index (κ3) is 3.87. The van der Waals surface area contributed by atoms with E-state index in [1.165, 1.54) is 0 Å². The quantitative estimate of drug-likeness (QED) is 0.476. The topological polar surface area (TPSA) is 82.2 Å². The number of rotatable bonds is 6. The van der Waals surface area contributed by atoms with Gasteiger partial charge in [-0.2, -0.15) is 10.2 Å². The molecular formula is C26H24N2O3. The molecule has 0 fully saturated rings. The molecule has 0 spiro atoms. The summed E-state index contributed by atoms with van der Waals surface area (Å²) in [5, 5.41) is 28.6. The summed E-state index contributed by atoms with van der Waals surface area (Å²) in [5.41, 5.74) is 4.07. The van der Waals surface area contributed by atoms with E-state index in [9.17, 15) is 15.0 Å². The smallest absolute Gasteiger partial charge is 0.166 e. The summed E-state index contributed by atoms with van der Waals surface area (Å²) in [7, 11) is 0. The minimum atomic E-state index is -0.947. The van der Waals surface area contributed by atoms with Crippen molar-refractivity contribution in [3.63, 3.8) is 0 Å². The molecule has 5 heteroatoms. The number of benzene rings is 3. The van der Waals surface area contributed by atoms with E-state index in [0.717, 1.165) is 22.3 Å². The third-order valence-corrected chi connectivity index (χ3v) is 5.73. The van der Waals surface area contributed by atoms with Crippen molar-refractivity contribution in [3.05, 3.63) is 101 Å². The predicted octanol–water partition coefficient (Wildman–Crippen LogP) is 6.16. The molecule has 0 saturated heterocycles. The maximum atomic E-state index is 13.3. The van der Waals surface area contributed by atoms with Gasteiger partial charge in [0.05, 0.1) is 5.70 Å². The lowest BCUT2D eigenvalue weighted by Gasteiger charge is -2.28. The average Bonchev–Trinajstić information content (AvgIpc) is 3.14. The van der Waals surface area contributed by atoms with Gasteiger partial charge in [0.25, 0.3) is 0 Å². The molecule has 0 bridgehead atoms. The van der Waals surface area contributed by atoms with Crippen LogP contribution in [0.2, 0.25) is 0 Å². The van der Waals surface area contributed by atoms with Gasteiger partial charge in [0.2, 0.25) is 0 Å². The lowest BCUT2D eigenvalue weighted by Crippen LogP contribution is -2.28. The Morgan fingerprint density at radius 1 is 0.871 bits per heavy atom. The van der Waals surface area contributed by atoms with Gasteiger partial charge in [-0.3, -0.25) is 4.79 Å². The number of carbonyl (C=O) groups excluding carboxylic acids is 1. The molecule has 1 aliphatic rings. The second kappa shape index (κ2) is 8.19. The summed E-state index contributed by atoms with van der Waals surface area (Å²) in [6, 6.07) is 21.2. The summed E-state index contributed by atoms with van der Waals surface area (Å²) in [6.45, 7) is 4.01. The molecule has 2 N–H and O–H groups in total. The van der Waals surface area contributed by atoms with Crippen molar-refractivity contribution in [2.24, 2.45) is 10.2 Å². The first kappa shape index (κ1) is 20.5. The highest BCUT2D eigenvalue weighted by atomic mass is 16.3. The van der Waals surface area contributed by atoms with E-state index in [-0.39, 0.29) is 23.7 Å². The van der Waals surface area contributed by atoms with E-state index < -0.39 is 5.54 Å². The van der Waals surface area contributed by atoms with Crippen LogP contribution < -0.4 is 0 Å². The van der Waals surface area contributed by atoms with Crippen molar-refractivity contribution < 1.29 is 15.0 Å². The van der Waals surface area contributed by atoms with Crippen LogP contribution in [0.4, 0.5) is 0 Å². The summed E-state index contributed by atoms with van der Waals surface area (Å²) in [5.74, 6) is 0.307. The van der Waals surface area contributed by atoms with Gasteiger partial charge in [-0.15, -0.1) is 0 Å². The molecule has 3 aromatic carbocycles. The lowest BCUT2D eigenvalue weighted by molar-refractivity contribution is 0.0958. The SMILES string of the molecule is CCC1=C(c2ccc(O)cc2)N=NC1(CC(=O)c1ccc(C)cc1)c1ccc(O)cc1. The van der Waals surface area contributed by atoms with Crippen LogP contribution in [0.5, 0.6) is 11.5 Å². The first-order valence-corrected chi connectivity index (χ1v) is 10.3. The van der Waals surface area contributed by atoms with Gasteiger partial charge in [-0.25, -0.2) is 0 Å². The highest BCUT2D eigenvalue weighted by molar-refractivity contribution is 5.97. The number of aryl methyl sites for hydroxylation is 1. The second-order valence-electron chi connectivity index (χ2n) is 7.80. The van der Waals surface area contributed by atoms with Crippen molar-refractivity contribution in [2.45, 2.75) is 32.2 Å². The lowest BCUT2D eigenvalue weighted by atomic mass is 9.76. The summed E-state index contributed by atoms with van der Waals surface area (Å²) < 4.78 is 0. The van der Waals surface area contributed by atoms with E-state index >= 15 is 0 Å². The molecule has 4 rings (SSSR count). The largest absolute Gasteiger partial charge is 0.508 e. The van der Waals surface area contributed by atoms with E-state index in [1.807, 2.05) is 38.1 Å². The molecule has 0 saturated carbocycles. The maximum Gasteiger partial charge on any atom is 0.166 e. The highest BCUT2D eigenvalue weighted by Crippen LogP contribution is 2.49. The van der Waals surface area contributed by atoms with Crippen molar-refractivity contribution in [3.8, 4) is 11.5 Å². The first-order chi connectivity index (χ1) is 14.9. The normalized spacial score (nSPS) is 17.9. The predicted molar refractivity (Wildman–Crippen MR) is 120 cm³/mol. The highest BCUT2D eigenvalue weighted by Gasteiger charge is 2.43. The van der Waals surface area contributed by atoms with Crippen LogP contribution in [-0.4, -0.2) is 16.0 Å². The third-order valence-electron chi connectivity index (χ3n) is 5.73. The minimum absolute atomic E-state index is 0.0232. The van der Waals surface area contributed by atoms with E-state index in [0.29, 0.717) is 17.7 Å². The zero-order valence-electron chi connectivity index (χ0n) is 17.5. The molecule has 1 aliphatic heterocycles. The number of hydrogen-bond acceptors (Lipinski definition) is 5. The minimum Gasteiger partial charge on any atom is -0.508 e. The number of aromatic hydroxyl groups is 2. The number of nitrogens with zero attached hydrogens (tertiary/aromatic N) is 2. The molecule has 0 amide bonds. The Balaban J connectivity index is 1.84. The van der Waals surface area contributed by atoms with Gasteiger partial charge in [-0.1, -0.05) is 48.9 Å². The van der Waals surface area contributed by atoms with Crippen LogP contribution in [0, 0.1) is 6.92 Å². The number of ketones is 1. The van der Waals surface area contributed by atoms with Crippen molar-refractivity contribution in [1.29, 1.82) is 0 Å². The summed E-state index contributed by atoms with van der Waals surface area (Å²) in [6.07, 6.45) is 0.778. The van der Waals surface area contributed by atoms with Crippen molar-refractivity contribution in [2.75, 3.05) is 0 Å². The Morgan fingerprint density at radius 3 is 2.03 bits per heavy atom. The molecule has 0 aromatic heterocycles. The van der Waals surface area contributed by atoms with Crippen LogP contribution in [0.25, 0.3) is 5.70 Å². The Hall–Kier alpha value is -3.73. The summed E-state index contributed by atoms with van der Waals surface area (Å²) in [4.78, 5) is 13.3. The number of Topliss-reactive ketones (excluding diaryl/α,β-unsaturated/α-hetero) is 1. The maximum absolute atomic E-state index is 13.3. The number of carbonyl (C=O) groups is 1. The summed E-state index contributed by atoms with van der Waals surface area (Å²) >= 11 is 0. The van der Waals surface area contributed by atoms with Gasteiger partial charge in [0, 0.05) is 17.5 Å². The van der Waals surface area contributed by atoms with E-state index in [1.54, 1.807) is 48.5 Å². The molecule has 0 aliphatic carbocycles. The molecule has 1 atom stereocenters. The first-order valence-electron chi connectivity index (χ1n) is 10.3. The fraction of sp³-hybridized carbons (Fsp3) is 0.192. The van der Waals surface area contributed by atoms with Gasteiger partial charge < -0.3 is 10.2 Å². The van der Waals surface area contributed by atoms with E-state index in [4.69, 9.17) is 0 Å². The molecule has 31 heavy (non-hydrogen) atoms. The van der Waals surface area contributed by atoms with Crippen LogP contribution in [-0.2, 0) is 5.54 Å². The molecule has 0 radical (unpaired) electrons. The average molecular weight is 412 g/mol.